The normalized spacial score (nSPS) is 12.7. The van der Waals surface area contributed by atoms with E-state index in [1.54, 1.807) is 14.0 Å². The van der Waals surface area contributed by atoms with E-state index in [2.05, 4.69) is 0 Å². The number of aryl methyl sites for hydroxylation is 2. The van der Waals surface area contributed by atoms with Crippen LogP contribution in [-0.4, -0.2) is 12.2 Å². The highest BCUT2D eigenvalue weighted by Crippen LogP contribution is 2.36. The average molecular weight is 215 g/mol. The van der Waals surface area contributed by atoms with Gasteiger partial charge in [-0.3, -0.25) is 0 Å². The van der Waals surface area contributed by atoms with Gasteiger partial charge in [-0.25, -0.2) is 0 Å². The lowest BCUT2D eigenvalue weighted by Gasteiger charge is -2.17. The quantitative estimate of drug-likeness (QED) is 0.820. The molecule has 1 rings (SSSR count). The third-order valence-corrected chi connectivity index (χ3v) is 2.74. The van der Waals surface area contributed by atoms with Gasteiger partial charge in [-0.15, -0.1) is 0 Å². The zero-order valence-electron chi connectivity index (χ0n) is 8.89. The molecule has 14 heavy (non-hydrogen) atoms. The molecule has 78 valence electrons. The van der Waals surface area contributed by atoms with Gasteiger partial charge in [-0.2, -0.15) is 0 Å². The molecule has 0 fully saturated rings. The largest absolute Gasteiger partial charge is 0.496 e. The number of halogens is 1. The van der Waals surface area contributed by atoms with Crippen molar-refractivity contribution in [1.82, 2.24) is 0 Å². The molecule has 0 spiro atoms. The monoisotopic (exact) mass is 214 g/mol. The second-order valence-electron chi connectivity index (χ2n) is 3.45. The fourth-order valence-corrected chi connectivity index (χ4v) is 1.92. The summed E-state index contributed by atoms with van der Waals surface area (Å²) in [6, 6.07) is 1.95. The molecule has 2 nitrogen and oxygen atoms in total. The molecule has 0 amide bonds. The van der Waals surface area contributed by atoms with Crippen molar-refractivity contribution in [3.63, 3.8) is 0 Å². The second-order valence-corrected chi connectivity index (χ2v) is 3.83. The lowest BCUT2D eigenvalue weighted by Crippen LogP contribution is -2.01. The second kappa shape index (κ2) is 4.20. The Bertz CT molecular complexity index is 346. The topological polar surface area (TPSA) is 29.5 Å². The summed E-state index contributed by atoms with van der Waals surface area (Å²) in [5.74, 6) is 0.676. The van der Waals surface area contributed by atoms with Gasteiger partial charge in [0.25, 0.3) is 0 Å². The van der Waals surface area contributed by atoms with Crippen LogP contribution in [0, 0.1) is 13.8 Å². The van der Waals surface area contributed by atoms with Gasteiger partial charge >= 0.3 is 0 Å². The molecule has 0 radical (unpaired) electrons. The van der Waals surface area contributed by atoms with Gasteiger partial charge in [0.05, 0.1) is 18.2 Å². The lowest BCUT2D eigenvalue weighted by molar-refractivity contribution is 0.194. The van der Waals surface area contributed by atoms with Crippen molar-refractivity contribution in [2.24, 2.45) is 0 Å². The summed E-state index contributed by atoms with van der Waals surface area (Å²) >= 11 is 6.10. The molecule has 0 aliphatic rings. The van der Waals surface area contributed by atoms with Gasteiger partial charge in [-0.05, 0) is 31.9 Å². The van der Waals surface area contributed by atoms with Crippen LogP contribution >= 0.6 is 11.6 Å². The van der Waals surface area contributed by atoms with Gasteiger partial charge in [0.2, 0.25) is 0 Å². The number of hydrogen-bond donors (Lipinski definition) is 1. The van der Waals surface area contributed by atoms with Crippen LogP contribution in [0.5, 0.6) is 5.75 Å². The number of aliphatic hydroxyl groups is 1. The first-order valence-corrected chi connectivity index (χ1v) is 4.88. The highest BCUT2D eigenvalue weighted by molar-refractivity contribution is 6.32. The number of rotatable bonds is 2. The number of aliphatic hydroxyl groups excluding tert-OH is 1. The summed E-state index contributed by atoms with van der Waals surface area (Å²) < 4.78 is 5.23. The highest BCUT2D eigenvalue weighted by atomic mass is 35.5. The van der Waals surface area contributed by atoms with Gasteiger partial charge in [-0.1, -0.05) is 17.7 Å². The zero-order valence-corrected chi connectivity index (χ0v) is 9.64. The molecule has 0 saturated carbocycles. The van der Waals surface area contributed by atoms with E-state index in [9.17, 15) is 5.11 Å². The Balaban J connectivity index is 3.48. The molecule has 0 aromatic heterocycles. The van der Waals surface area contributed by atoms with E-state index >= 15 is 0 Å². The van der Waals surface area contributed by atoms with Crippen molar-refractivity contribution in [3.8, 4) is 5.75 Å². The molecule has 1 aromatic carbocycles. The van der Waals surface area contributed by atoms with Gasteiger partial charge in [0, 0.05) is 5.56 Å². The number of ether oxygens (including phenoxy) is 1. The van der Waals surface area contributed by atoms with Crippen molar-refractivity contribution in [2.75, 3.05) is 7.11 Å². The van der Waals surface area contributed by atoms with Gasteiger partial charge < -0.3 is 9.84 Å². The molecule has 1 N–H and O–H groups in total. The first kappa shape index (κ1) is 11.3. The summed E-state index contributed by atoms with van der Waals surface area (Å²) in [7, 11) is 1.58. The number of benzene rings is 1. The smallest absolute Gasteiger partial charge is 0.129 e. The van der Waals surface area contributed by atoms with Crippen LogP contribution in [0.2, 0.25) is 5.02 Å². The molecule has 0 saturated heterocycles. The Morgan fingerprint density at radius 3 is 2.36 bits per heavy atom. The first-order valence-electron chi connectivity index (χ1n) is 4.50. The van der Waals surface area contributed by atoms with Gasteiger partial charge in [0.15, 0.2) is 0 Å². The van der Waals surface area contributed by atoms with Crippen molar-refractivity contribution < 1.29 is 9.84 Å². The van der Waals surface area contributed by atoms with Crippen molar-refractivity contribution in [1.29, 1.82) is 0 Å². The molecule has 1 atom stereocenters. The van der Waals surface area contributed by atoms with Crippen molar-refractivity contribution in [2.45, 2.75) is 26.9 Å². The van der Waals surface area contributed by atoms with Crippen molar-refractivity contribution >= 4 is 11.6 Å². The van der Waals surface area contributed by atoms with E-state index in [-0.39, 0.29) is 0 Å². The fourth-order valence-electron chi connectivity index (χ4n) is 1.62. The molecule has 0 heterocycles. The molecular formula is C11H15ClO2. The Hall–Kier alpha value is -0.730. The minimum atomic E-state index is -0.615. The van der Waals surface area contributed by atoms with Crippen LogP contribution in [0.25, 0.3) is 0 Å². The van der Waals surface area contributed by atoms with E-state index in [0.717, 1.165) is 11.1 Å². The van der Waals surface area contributed by atoms with Crippen LogP contribution in [0.3, 0.4) is 0 Å². The minimum absolute atomic E-state index is 0.586. The Morgan fingerprint density at radius 1 is 1.36 bits per heavy atom. The van der Waals surface area contributed by atoms with Crippen LogP contribution in [0.1, 0.15) is 29.7 Å². The van der Waals surface area contributed by atoms with E-state index < -0.39 is 6.10 Å². The molecule has 1 aromatic rings. The summed E-state index contributed by atoms with van der Waals surface area (Å²) in [5, 5.41) is 10.2. The van der Waals surface area contributed by atoms with E-state index in [1.165, 1.54) is 0 Å². The Morgan fingerprint density at radius 2 is 1.93 bits per heavy atom. The SMILES string of the molecule is COc1c(C)cc(C)c(Cl)c1C(C)O. The maximum absolute atomic E-state index is 9.60. The maximum Gasteiger partial charge on any atom is 0.129 e. The zero-order chi connectivity index (χ0) is 10.9. The van der Waals surface area contributed by atoms with Crippen LogP contribution in [0.15, 0.2) is 6.07 Å². The highest BCUT2D eigenvalue weighted by Gasteiger charge is 2.17. The molecule has 0 aliphatic heterocycles. The third kappa shape index (κ3) is 1.86. The number of methoxy groups -OCH3 is 1. The maximum atomic E-state index is 9.60. The molecule has 0 bridgehead atoms. The first-order chi connectivity index (χ1) is 6.49. The molecule has 3 heteroatoms. The average Bonchev–Trinajstić information content (AvgIpc) is 2.10. The standard InChI is InChI=1S/C11H15ClO2/c1-6-5-7(2)11(14-4)9(8(3)13)10(6)12/h5,8,13H,1-4H3. The molecule has 1 unspecified atom stereocenters. The predicted molar refractivity (Wildman–Crippen MR) is 58.1 cm³/mol. The predicted octanol–water partition coefficient (Wildman–Crippen LogP) is 3.02. The minimum Gasteiger partial charge on any atom is -0.496 e. The van der Waals surface area contributed by atoms with Crippen LogP contribution < -0.4 is 4.74 Å². The number of hydrogen-bond acceptors (Lipinski definition) is 2. The lowest BCUT2D eigenvalue weighted by atomic mass is 10.0. The van der Waals surface area contributed by atoms with E-state index in [1.807, 2.05) is 19.9 Å². The summed E-state index contributed by atoms with van der Waals surface area (Å²) in [6.07, 6.45) is -0.615. The summed E-state index contributed by atoms with van der Waals surface area (Å²) in [4.78, 5) is 0. The third-order valence-electron chi connectivity index (χ3n) is 2.24. The molecular weight excluding hydrogens is 200 g/mol. The van der Waals surface area contributed by atoms with Crippen LogP contribution in [-0.2, 0) is 0 Å². The Labute approximate surface area is 89.5 Å². The van der Waals surface area contributed by atoms with Crippen molar-refractivity contribution in [3.05, 3.63) is 27.8 Å². The summed E-state index contributed by atoms with van der Waals surface area (Å²) in [5.41, 5.74) is 2.62. The fraction of sp³-hybridized carbons (Fsp3) is 0.455. The van der Waals surface area contributed by atoms with E-state index in [0.29, 0.717) is 16.3 Å². The van der Waals surface area contributed by atoms with Crippen LogP contribution in [0.4, 0.5) is 0 Å². The van der Waals surface area contributed by atoms with E-state index in [4.69, 9.17) is 16.3 Å². The van der Waals surface area contributed by atoms with Gasteiger partial charge in [0.1, 0.15) is 5.75 Å². The summed E-state index contributed by atoms with van der Waals surface area (Å²) in [6.45, 7) is 5.54. The Kier molecular flexibility index (Phi) is 3.40. The molecule has 0 aliphatic carbocycles.